The molecule has 0 bridgehead atoms. The van der Waals surface area contributed by atoms with E-state index < -0.39 is 0 Å². The second kappa shape index (κ2) is 6.81. The first-order valence-corrected chi connectivity index (χ1v) is 8.97. The van der Waals surface area contributed by atoms with E-state index in [1.807, 2.05) is 6.92 Å². The standard InChI is InChI=1S/C15H24N4OS/c1-10(14(20)16-12-7-8-12)21-15-17-13(18-19-15)9-6-11-4-2-3-5-11/h10-12H,2-9H2,1H3,(H,16,20)(H,17,18,19). The number of carbonyl (C=O) groups excluding carboxylic acids is 1. The maximum absolute atomic E-state index is 11.9. The summed E-state index contributed by atoms with van der Waals surface area (Å²) in [6.07, 6.45) is 9.93. The van der Waals surface area contributed by atoms with Crippen LogP contribution < -0.4 is 5.32 Å². The highest BCUT2D eigenvalue weighted by Crippen LogP contribution is 2.28. The smallest absolute Gasteiger partial charge is 0.233 e. The van der Waals surface area contributed by atoms with Gasteiger partial charge in [-0.15, -0.1) is 5.10 Å². The minimum atomic E-state index is -0.135. The van der Waals surface area contributed by atoms with Crippen LogP contribution in [0.2, 0.25) is 0 Å². The summed E-state index contributed by atoms with van der Waals surface area (Å²) in [5, 5.41) is 10.8. The van der Waals surface area contributed by atoms with Crippen molar-refractivity contribution in [2.24, 2.45) is 5.92 Å². The van der Waals surface area contributed by atoms with E-state index in [-0.39, 0.29) is 11.2 Å². The Hall–Kier alpha value is -1.04. The van der Waals surface area contributed by atoms with Gasteiger partial charge < -0.3 is 5.32 Å². The van der Waals surface area contributed by atoms with Crippen LogP contribution in [0.1, 0.15) is 57.7 Å². The molecule has 2 aliphatic carbocycles. The van der Waals surface area contributed by atoms with Crippen LogP contribution in [0.15, 0.2) is 5.16 Å². The summed E-state index contributed by atoms with van der Waals surface area (Å²) in [6.45, 7) is 1.91. The van der Waals surface area contributed by atoms with E-state index in [1.54, 1.807) is 0 Å². The fourth-order valence-corrected chi connectivity index (χ4v) is 3.59. The summed E-state index contributed by atoms with van der Waals surface area (Å²) in [4.78, 5) is 16.4. The number of amides is 1. The van der Waals surface area contributed by atoms with Crippen LogP contribution in [0, 0.1) is 5.92 Å². The van der Waals surface area contributed by atoms with Crippen molar-refractivity contribution in [3.8, 4) is 0 Å². The van der Waals surface area contributed by atoms with Gasteiger partial charge in [0.1, 0.15) is 5.82 Å². The van der Waals surface area contributed by atoms with Gasteiger partial charge in [0, 0.05) is 12.5 Å². The van der Waals surface area contributed by atoms with Crippen LogP contribution in [0.4, 0.5) is 0 Å². The molecule has 1 unspecified atom stereocenters. The number of hydrogen-bond acceptors (Lipinski definition) is 4. The van der Waals surface area contributed by atoms with Gasteiger partial charge in [0.15, 0.2) is 0 Å². The molecule has 2 aliphatic rings. The van der Waals surface area contributed by atoms with Gasteiger partial charge in [0.2, 0.25) is 11.1 Å². The average Bonchev–Trinajstić information content (AvgIpc) is 2.96. The average molecular weight is 308 g/mol. The third-order valence-corrected chi connectivity index (χ3v) is 5.31. The maximum Gasteiger partial charge on any atom is 0.233 e. The van der Waals surface area contributed by atoms with E-state index in [9.17, 15) is 4.79 Å². The number of hydrogen-bond donors (Lipinski definition) is 2. The molecule has 1 amide bonds. The third-order valence-electron chi connectivity index (χ3n) is 4.35. The molecule has 3 rings (SSSR count). The van der Waals surface area contributed by atoms with Crippen molar-refractivity contribution >= 4 is 17.7 Å². The highest BCUT2D eigenvalue weighted by atomic mass is 32.2. The molecular weight excluding hydrogens is 284 g/mol. The number of carbonyl (C=O) groups is 1. The van der Waals surface area contributed by atoms with Crippen molar-refractivity contribution in [3.63, 3.8) is 0 Å². The Morgan fingerprint density at radius 1 is 1.38 bits per heavy atom. The summed E-state index contributed by atoms with van der Waals surface area (Å²) < 4.78 is 0. The second-order valence-corrected chi connectivity index (χ2v) is 7.60. The predicted molar refractivity (Wildman–Crippen MR) is 83.1 cm³/mol. The van der Waals surface area contributed by atoms with Gasteiger partial charge in [-0.25, -0.2) is 4.98 Å². The Morgan fingerprint density at radius 2 is 2.14 bits per heavy atom. The number of nitrogens with zero attached hydrogens (tertiary/aromatic N) is 2. The summed E-state index contributed by atoms with van der Waals surface area (Å²) in [6, 6.07) is 0.412. The SMILES string of the molecule is CC(Sc1n[nH]c(CCC2CCCC2)n1)C(=O)NC1CC1. The molecule has 2 N–H and O–H groups in total. The van der Waals surface area contributed by atoms with Crippen LogP contribution in [-0.2, 0) is 11.2 Å². The molecule has 1 atom stereocenters. The molecule has 2 fully saturated rings. The van der Waals surface area contributed by atoms with Crippen molar-refractivity contribution in [3.05, 3.63) is 5.82 Å². The first-order chi connectivity index (χ1) is 10.2. The summed E-state index contributed by atoms with van der Waals surface area (Å²) in [7, 11) is 0. The molecule has 0 radical (unpaired) electrons. The van der Waals surface area contributed by atoms with Gasteiger partial charge in [-0.3, -0.25) is 9.89 Å². The van der Waals surface area contributed by atoms with Crippen LogP contribution in [-0.4, -0.2) is 32.4 Å². The molecule has 0 saturated heterocycles. The van der Waals surface area contributed by atoms with E-state index in [4.69, 9.17) is 0 Å². The van der Waals surface area contributed by atoms with E-state index in [1.165, 1.54) is 43.9 Å². The largest absolute Gasteiger partial charge is 0.352 e. The third kappa shape index (κ3) is 4.46. The number of nitrogens with one attached hydrogen (secondary N) is 2. The summed E-state index contributed by atoms with van der Waals surface area (Å²) in [5.74, 6) is 1.92. The lowest BCUT2D eigenvalue weighted by Gasteiger charge is -2.08. The van der Waals surface area contributed by atoms with Crippen molar-refractivity contribution in [1.29, 1.82) is 0 Å². The van der Waals surface area contributed by atoms with E-state index in [0.717, 1.165) is 31.0 Å². The molecule has 6 heteroatoms. The molecule has 0 spiro atoms. The lowest BCUT2D eigenvalue weighted by molar-refractivity contribution is -0.120. The molecule has 1 aromatic rings. The minimum Gasteiger partial charge on any atom is -0.352 e. The molecule has 1 aromatic heterocycles. The molecule has 116 valence electrons. The van der Waals surface area contributed by atoms with Crippen LogP contribution in [0.25, 0.3) is 0 Å². The van der Waals surface area contributed by atoms with Gasteiger partial charge in [-0.05, 0) is 32.1 Å². The van der Waals surface area contributed by atoms with E-state index in [0.29, 0.717) is 11.2 Å². The van der Waals surface area contributed by atoms with Crippen LogP contribution in [0.3, 0.4) is 0 Å². The first kappa shape index (κ1) is 14.9. The van der Waals surface area contributed by atoms with Crippen molar-refractivity contribution in [2.45, 2.75) is 74.7 Å². The van der Waals surface area contributed by atoms with Crippen LogP contribution in [0.5, 0.6) is 0 Å². The van der Waals surface area contributed by atoms with Crippen molar-refractivity contribution in [2.75, 3.05) is 0 Å². The van der Waals surface area contributed by atoms with Gasteiger partial charge in [0.05, 0.1) is 5.25 Å². The normalized spacial score (nSPS) is 20.6. The Bertz CT molecular complexity index is 480. The first-order valence-electron chi connectivity index (χ1n) is 8.09. The second-order valence-electron chi connectivity index (χ2n) is 6.30. The number of rotatable bonds is 7. The zero-order valence-electron chi connectivity index (χ0n) is 12.6. The number of aromatic amines is 1. The molecule has 5 nitrogen and oxygen atoms in total. The Labute approximate surface area is 130 Å². The molecule has 1 heterocycles. The van der Waals surface area contributed by atoms with Gasteiger partial charge in [-0.1, -0.05) is 37.4 Å². The highest BCUT2D eigenvalue weighted by Gasteiger charge is 2.26. The number of aromatic nitrogens is 3. The Kier molecular flexibility index (Phi) is 4.83. The van der Waals surface area contributed by atoms with Gasteiger partial charge in [-0.2, -0.15) is 0 Å². The monoisotopic (exact) mass is 308 g/mol. The quantitative estimate of drug-likeness (QED) is 0.760. The topological polar surface area (TPSA) is 70.7 Å². The molecule has 21 heavy (non-hydrogen) atoms. The Morgan fingerprint density at radius 3 is 2.86 bits per heavy atom. The van der Waals surface area contributed by atoms with E-state index in [2.05, 4.69) is 20.5 Å². The zero-order chi connectivity index (χ0) is 14.7. The fourth-order valence-electron chi connectivity index (χ4n) is 2.84. The van der Waals surface area contributed by atoms with E-state index >= 15 is 0 Å². The fraction of sp³-hybridized carbons (Fsp3) is 0.800. The highest BCUT2D eigenvalue weighted by molar-refractivity contribution is 8.00. The lowest BCUT2D eigenvalue weighted by atomic mass is 10.0. The predicted octanol–water partition coefficient (Wildman–Crippen LogP) is 2.69. The summed E-state index contributed by atoms with van der Waals surface area (Å²) >= 11 is 1.43. The molecule has 0 aromatic carbocycles. The molecule has 0 aliphatic heterocycles. The summed E-state index contributed by atoms with van der Waals surface area (Å²) in [5.41, 5.74) is 0. The van der Waals surface area contributed by atoms with Crippen LogP contribution >= 0.6 is 11.8 Å². The number of thioether (sulfide) groups is 1. The Balaban J connectivity index is 1.43. The number of aryl methyl sites for hydroxylation is 1. The molecule has 2 saturated carbocycles. The van der Waals surface area contributed by atoms with Gasteiger partial charge >= 0.3 is 0 Å². The molecular formula is C15H24N4OS. The minimum absolute atomic E-state index is 0.0970. The lowest BCUT2D eigenvalue weighted by Crippen LogP contribution is -2.32. The number of H-pyrrole nitrogens is 1. The van der Waals surface area contributed by atoms with Gasteiger partial charge in [0.25, 0.3) is 0 Å². The van der Waals surface area contributed by atoms with Crippen molar-refractivity contribution < 1.29 is 4.79 Å². The zero-order valence-corrected chi connectivity index (χ0v) is 13.4. The van der Waals surface area contributed by atoms with Crippen molar-refractivity contribution in [1.82, 2.24) is 20.5 Å². The maximum atomic E-state index is 11.9.